The van der Waals surface area contributed by atoms with Gasteiger partial charge in [-0.2, -0.15) is 0 Å². The van der Waals surface area contributed by atoms with Gasteiger partial charge in [-0.15, -0.1) is 0 Å². The molecule has 0 saturated carbocycles. The van der Waals surface area contributed by atoms with Gasteiger partial charge in [-0.1, -0.05) is 0 Å². The summed E-state index contributed by atoms with van der Waals surface area (Å²) in [6.45, 7) is 2.27. The zero-order valence-electron chi connectivity index (χ0n) is 3.68. The molecule has 0 atom stereocenters. The minimum Gasteiger partial charge on any atom is -0.240 e. The van der Waals surface area contributed by atoms with E-state index in [4.69, 9.17) is 12.8 Å². The van der Waals surface area contributed by atoms with E-state index in [0.717, 1.165) is 13.1 Å². The van der Waals surface area contributed by atoms with E-state index in [9.17, 15) is 0 Å². The first-order valence-electron chi connectivity index (χ1n) is 2.32. The fourth-order valence-electron chi connectivity index (χ4n) is 0.688. The Morgan fingerprint density at radius 3 is 1.83 bits per heavy atom. The molecule has 0 aliphatic carbocycles. The van der Waals surface area contributed by atoms with Crippen molar-refractivity contribution in [2.75, 3.05) is 13.1 Å². The van der Waals surface area contributed by atoms with Gasteiger partial charge in [-0.05, 0) is 12.8 Å². The van der Waals surface area contributed by atoms with E-state index in [1.54, 1.807) is 0 Å². The van der Waals surface area contributed by atoms with Gasteiger partial charge in [0.15, 0.2) is 0 Å². The standard InChI is InChI=1S/C4H8NS/c6-5-3-1-2-4-5/h1-4H2. The number of nitrogens with zero attached hydrogens (tertiary/aromatic N) is 1. The molecular weight excluding hydrogens is 94.1 g/mol. The van der Waals surface area contributed by atoms with Crippen molar-refractivity contribution in [1.29, 1.82) is 0 Å². The molecule has 0 aromatic heterocycles. The van der Waals surface area contributed by atoms with Crippen LogP contribution in [-0.4, -0.2) is 17.4 Å². The van der Waals surface area contributed by atoms with Crippen LogP contribution in [0.4, 0.5) is 0 Å². The second-order valence-electron chi connectivity index (χ2n) is 1.64. The highest BCUT2D eigenvalue weighted by Crippen LogP contribution is 2.07. The third kappa shape index (κ3) is 0.884. The molecule has 0 bridgehead atoms. The molecule has 6 heavy (non-hydrogen) atoms. The minimum absolute atomic E-state index is 1.13. The lowest BCUT2D eigenvalue weighted by atomic mass is 10.4. The summed E-state index contributed by atoms with van der Waals surface area (Å²) in [6.07, 6.45) is 2.62. The SMILES string of the molecule is [S]N1CCCC1. The molecule has 0 spiro atoms. The molecule has 1 fully saturated rings. The van der Waals surface area contributed by atoms with Crippen LogP contribution in [0.2, 0.25) is 0 Å². The van der Waals surface area contributed by atoms with Crippen LogP contribution in [0.15, 0.2) is 0 Å². The Balaban J connectivity index is 2.18. The topological polar surface area (TPSA) is 3.24 Å². The molecule has 1 aliphatic heterocycles. The summed E-state index contributed by atoms with van der Waals surface area (Å²) >= 11 is 4.84. The van der Waals surface area contributed by atoms with E-state index >= 15 is 0 Å². The molecule has 1 nitrogen and oxygen atoms in total. The van der Waals surface area contributed by atoms with Gasteiger partial charge in [0.1, 0.15) is 0 Å². The fraction of sp³-hybridized carbons (Fsp3) is 1.00. The fourth-order valence-corrected chi connectivity index (χ4v) is 0.946. The average molecular weight is 102 g/mol. The second-order valence-corrected chi connectivity index (χ2v) is 2.15. The lowest BCUT2D eigenvalue weighted by Crippen LogP contribution is -2.02. The van der Waals surface area contributed by atoms with Crippen molar-refractivity contribution in [1.82, 2.24) is 4.31 Å². The van der Waals surface area contributed by atoms with Gasteiger partial charge in [0.25, 0.3) is 0 Å². The van der Waals surface area contributed by atoms with Gasteiger partial charge in [0.2, 0.25) is 0 Å². The van der Waals surface area contributed by atoms with Crippen molar-refractivity contribution in [2.24, 2.45) is 0 Å². The van der Waals surface area contributed by atoms with Crippen LogP contribution in [0, 0.1) is 0 Å². The summed E-state index contributed by atoms with van der Waals surface area (Å²) in [4.78, 5) is 0. The molecule has 0 amide bonds. The van der Waals surface area contributed by atoms with Gasteiger partial charge in [0, 0.05) is 25.9 Å². The third-order valence-electron chi connectivity index (χ3n) is 1.07. The normalized spacial score (nSPS) is 25.5. The van der Waals surface area contributed by atoms with Crippen LogP contribution in [0.25, 0.3) is 0 Å². The Bertz CT molecular complexity index is 40.8. The van der Waals surface area contributed by atoms with Crippen LogP contribution in [0.1, 0.15) is 12.8 Å². The Morgan fingerprint density at radius 2 is 1.67 bits per heavy atom. The van der Waals surface area contributed by atoms with Crippen molar-refractivity contribution in [3.8, 4) is 0 Å². The van der Waals surface area contributed by atoms with E-state index in [-0.39, 0.29) is 0 Å². The zero-order valence-corrected chi connectivity index (χ0v) is 4.50. The predicted molar refractivity (Wildman–Crippen MR) is 28.4 cm³/mol. The summed E-state index contributed by atoms with van der Waals surface area (Å²) < 4.78 is 1.94. The number of hydrogen-bond acceptors (Lipinski definition) is 1. The van der Waals surface area contributed by atoms with Crippen LogP contribution < -0.4 is 0 Å². The van der Waals surface area contributed by atoms with E-state index < -0.39 is 0 Å². The average Bonchev–Trinajstić information content (AvgIpc) is 1.86. The quantitative estimate of drug-likeness (QED) is 0.444. The van der Waals surface area contributed by atoms with Crippen molar-refractivity contribution >= 4 is 12.8 Å². The van der Waals surface area contributed by atoms with Crippen LogP contribution >= 0.6 is 12.8 Å². The van der Waals surface area contributed by atoms with E-state index in [2.05, 4.69) is 0 Å². The van der Waals surface area contributed by atoms with Crippen molar-refractivity contribution in [3.63, 3.8) is 0 Å². The molecule has 2 heteroatoms. The van der Waals surface area contributed by atoms with Crippen molar-refractivity contribution < 1.29 is 0 Å². The van der Waals surface area contributed by atoms with Crippen molar-refractivity contribution in [2.45, 2.75) is 12.8 Å². The summed E-state index contributed by atoms with van der Waals surface area (Å²) in [5, 5.41) is 0. The lowest BCUT2D eigenvalue weighted by Gasteiger charge is -1.97. The largest absolute Gasteiger partial charge is 0.240 e. The molecular formula is C4H8NS. The molecule has 1 saturated heterocycles. The van der Waals surface area contributed by atoms with Crippen LogP contribution in [0.5, 0.6) is 0 Å². The number of hydrogen-bond donors (Lipinski definition) is 0. The molecule has 0 unspecified atom stereocenters. The Hall–Kier alpha value is 0.310. The molecule has 0 N–H and O–H groups in total. The molecule has 1 aliphatic rings. The highest BCUT2D eigenvalue weighted by molar-refractivity contribution is 7.77. The maximum atomic E-state index is 4.84. The predicted octanol–water partition coefficient (Wildman–Crippen LogP) is 1.19. The van der Waals surface area contributed by atoms with Gasteiger partial charge in [-0.3, -0.25) is 0 Å². The second kappa shape index (κ2) is 1.85. The third-order valence-corrected chi connectivity index (χ3v) is 1.43. The molecule has 1 heterocycles. The summed E-state index contributed by atoms with van der Waals surface area (Å²) in [6, 6.07) is 0. The smallest absolute Gasteiger partial charge is 0.00981 e. The molecule has 0 aromatic rings. The first kappa shape index (κ1) is 4.47. The molecule has 1 radical (unpaired) electrons. The summed E-state index contributed by atoms with van der Waals surface area (Å²) in [5.41, 5.74) is 0. The van der Waals surface area contributed by atoms with Crippen molar-refractivity contribution in [3.05, 3.63) is 0 Å². The molecule has 35 valence electrons. The molecule has 1 rings (SSSR count). The Labute approximate surface area is 43.9 Å². The van der Waals surface area contributed by atoms with Gasteiger partial charge in [0.05, 0.1) is 0 Å². The highest BCUT2D eigenvalue weighted by atomic mass is 32.1. The maximum Gasteiger partial charge on any atom is 0.00981 e. The summed E-state index contributed by atoms with van der Waals surface area (Å²) in [7, 11) is 0. The first-order valence-corrected chi connectivity index (χ1v) is 2.68. The first-order chi connectivity index (χ1) is 2.89. The van der Waals surface area contributed by atoms with Crippen LogP contribution in [-0.2, 0) is 0 Å². The van der Waals surface area contributed by atoms with E-state index in [1.165, 1.54) is 12.8 Å². The minimum atomic E-state index is 1.13. The van der Waals surface area contributed by atoms with Crippen LogP contribution in [0.3, 0.4) is 0 Å². The van der Waals surface area contributed by atoms with E-state index in [0.29, 0.717) is 0 Å². The zero-order chi connectivity index (χ0) is 4.41. The monoisotopic (exact) mass is 102 g/mol. The summed E-state index contributed by atoms with van der Waals surface area (Å²) in [5.74, 6) is 0. The Kier molecular flexibility index (Phi) is 1.37. The maximum absolute atomic E-state index is 4.84. The van der Waals surface area contributed by atoms with E-state index in [1.807, 2.05) is 4.31 Å². The van der Waals surface area contributed by atoms with Gasteiger partial charge < -0.3 is 0 Å². The van der Waals surface area contributed by atoms with Gasteiger partial charge in [-0.25, -0.2) is 4.31 Å². The number of rotatable bonds is 0. The lowest BCUT2D eigenvalue weighted by molar-refractivity contribution is 0.595. The van der Waals surface area contributed by atoms with Gasteiger partial charge >= 0.3 is 0 Å². The molecule has 0 aromatic carbocycles. The highest BCUT2D eigenvalue weighted by Gasteiger charge is 2.05. The Morgan fingerprint density at radius 1 is 1.17 bits per heavy atom.